The molecule has 12 heavy (non-hydrogen) atoms. The zero-order chi connectivity index (χ0) is 8.55. The van der Waals surface area contributed by atoms with E-state index >= 15 is 0 Å². The average Bonchev–Trinajstić information content (AvgIpc) is 2.66. The van der Waals surface area contributed by atoms with E-state index in [2.05, 4.69) is 39.2 Å². The third-order valence-electron chi connectivity index (χ3n) is 2.17. The van der Waals surface area contributed by atoms with Gasteiger partial charge in [0.15, 0.2) is 0 Å². The molecule has 0 radical (unpaired) electrons. The lowest BCUT2D eigenvalue weighted by Gasteiger charge is -2.03. The van der Waals surface area contributed by atoms with Gasteiger partial charge in [-0.1, -0.05) is 6.92 Å². The van der Waals surface area contributed by atoms with E-state index in [1.807, 2.05) is 6.20 Å². The topological polar surface area (TPSA) is 24.9 Å². The second-order valence-electron chi connectivity index (χ2n) is 3.36. The zero-order valence-electron chi connectivity index (χ0n) is 6.92. The zero-order valence-corrected chi connectivity index (χ0v) is 8.51. The van der Waals surface area contributed by atoms with Gasteiger partial charge in [0.2, 0.25) is 0 Å². The standard InChI is InChI=1S/C9H11BrN2/c1-6-2-9(6)12-8-3-7(10)4-11-5-8/h3-6,9,12H,2H2,1H3. The molecule has 2 nitrogen and oxygen atoms in total. The van der Waals surface area contributed by atoms with Gasteiger partial charge in [0.25, 0.3) is 0 Å². The van der Waals surface area contributed by atoms with E-state index in [1.165, 1.54) is 6.42 Å². The van der Waals surface area contributed by atoms with Gasteiger partial charge in [-0.25, -0.2) is 0 Å². The van der Waals surface area contributed by atoms with Crippen LogP contribution in [0, 0.1) is 5.92 Å². The number of pyridine rings is 1. The van der Waals surface area contributed by atoms with Crippen LogP contribution in [0.3, 0.4) is 0 Å². The van der Waals surface area contributed by atoms with E-state index < -0.39 is 0 Å². The molecule has 3 heteroatoms. The van der Waals surface area contributed by atoms with Crippen molar-refractivity contribution in [3.8, 4) is 0 Å². The van der Waals surface area contributed by atoms with Gasteiger partial charge in [-0.15, -0.1) is 0 Å². The van der Waals surface area contributed by atoms with Crippen molar-refractivity contribution >= 4 is 21.6 Å². The Morgan fingerprint density at radius 2 is 2.33 bits per heavy atom. The van der Waals surface area contributed by atoms with E-state index in [9.17, 15) is 0 Å². The van der Waals surface area contributed by atoms with Gasteiger partial charge in [-0.2, -0.15) is 0 Å². The minimum atomic E-state index is 0.668. The van der Waals surface area contributed by atoms with Gasteiger partial charge in [0.05, 0.1) is 11.9 Å². The number of nitrogens with zero attached hydrogens (tertiary/aromatic N) is 1. The van der Waals surface area contributed by atoms with E-state index in [0.717, 1.165) is 16.1 Å². The molecule has 2 rings (SSSR count). The Balaban J connectivity index is 2.03. The molecule has 0 bridgehead atoms. The molecular weight excluding hydrogens is 216 g/mol. The second-order valence-corrected chi connectivity index (χ2v) is 4.27. The van der Waals surface area contributed by atoms with Crippen LogP contribution in [-0.2, 0) is 0 Å². The molecule has 0 saturated heterocycles. The molecule has 1 saturated carbocycles. The number of hydrogen-bond donors (Lipinski definition) is 1. The smallest absolute Gasteiger partial charge is 0.0540 e. The summed E-state index contributed by atoms with van der Waals surface area (Å²) in [6.45, 7) is 2.25. The maximum atomic E-state index is 4.08. The molecule has 1 aliphatic carbocycles. The highest BCUT2D eigenvalue weighted by molar-refractivity contribution is 9.10. The van der Waals surface area contributed by atoms with Crippen molar-refractivity contribution in [3.05, 3.63) is 22.9 Å². The Morgan fingerprint density at radius 3 is 2.92 bits per heavy atom. The normalized spacial score (nSPS) is 26.8. The molecule has 2 atom stereocenters. The minimum Gasteiger partial charge on any atom is -0.381 e. The number of halogens is 1. The van der Waals surface area contributed by atoms with Crippen LogP contribution < -0.4 is 5.32 Å². The quantitative estimate of drug-likeness (QED) is 0.840. The first-order valence-electron chi connectivity index (χ1n) is 4.13. The lowest BCUT2D eigenvalue weighted by Crippen LogP contribution is -2.03. The summed E-state index contributed by atoms with van der Waals surface area (Å²) in [6, 6.07) is 2.72. The van der Waals surface area contributed by atoms with Gasteiger partial charge in [0, 0.05) is 16.7 Å². The first-order chi connectivity index (χ1) is 5.75. The lowest BCUT2D eigenvalue weighted by molar-refractivity contribution is 0.928. The monoisotopic (exact) mass is 226 g/mol. The molecule has 1 fully saturated rings. The van der Waals surface area contributed by atoms with Gasteiger partial charge < -0.3 is 5.32 Å². The molecule has 0 aromatic carbocycles. The van der Waals surface area contributed by atoms with Crippen LogP contribution in [0.15, 0.2) is 22.9 Å². The fourth-order valence-corrected chi connectivity index (χ4v) is 1.59. The van der Waals surface area contributed by atoms with Crippen LogP contribution in [0.4, 0.5) is 5.69 Å². The summed E-state index contributed by atoms with van der Waals surface area (Å²) in [7, 11) is 0. The van der Waals surface area contributed by atoms with Crippen molar-refractivity contribution in [2.45, 2.75) is 19.4 Å². The molecule has 2 unspecified atom stereocenters. The molecular formula is C9H11BrN2. The molecule has 1 aromatic rings. The Kier molecular flexibility index (Phi) is 2.05. The van der Waals surface area contributed by atoms with E-state index in [4.69, 9.17) is 0 Å². The van der Waals surface area contributed by atoms with Crippen molar-refractivity contribution in [2.24, 2.45) is 5.92 Å². The van der Waals surface area contributed by atoms with Crippen LogP contribution in [0.2, 0.25) is 0 Å². The molecule has 1 aromatic heterocycles. The van der Waals surface area contributed by atoms with Crippen LogP contribution in [-0.4, -0.2) is 11.0 Å². The van der Waals surface area contributed by atoms with Crippen molar-refractivity contribution < 1.29 is 0 Å². The summed E-state index contributed by atoms with van der Waals surface area (Å²) in [4.78, 5) is 4.08. The molecule has 0 amide bonds. The largest absolute Gasteiger partial charge is 0.381 e. The van der Waals surface area contributed by atoms with E-state index in [1.54, 1.807) is 6.20 Å². The first-order valence-corrected chi connectivity index (χ1v) is 4.92. The molecule has 1 heterocycles. The molecule has 64 valence electrons. The van der Waals surface area contributed by atoms with Gasteiger partial charge in [-0.3, -0.25) is 4.98 Å². The van der Waals surface area contributed by atoms with E-state index in [0.29, 0.717) is 6.04 Å². The Labute approximate surface area is 80.5 Å². The summed E-state index contributed by atoms with van der Waals surface area (Å²) in [6.07, 6.45) is 4.93. The molecule has 1 aliphatic rings. The maximum Gasteiger partial charge on any atom is 0.0540 e. The van der Waals surface area contributed by atoms with Crippen LogP contribution in [0.25, 0.3) is 0 Å². The molecule has 0 spiro atoms. The maximum absolute atomic E-state index is 4.08. The first kappa shape index (κ1) is 8.05. The van der Waals surface area contributed by atoms with Crippen molar-refractivity contribution in [1.82, 2.24) is 4.98 Å². The SMILES string of the molecule is CC1CC1Nc1cncc(Br)c1. The van der Waals surface area contributed by atoms with Crippen LogP contribution in [0.1, 0.15) is 13.3 Å². The number of anilines is 1. The molecule has 1 N–H and O–H groups in total. The predicted molar refractivity (Wildman–Crippen MR) is 53.1 cm³/mol. The number of nitrogens with one attached hydrogen (secondary N) is 1. The van der Waals surface area contributed by atoms with Crippen LogP contribution in [0.5, 0.6) is 0 Å². The van der Waals surface area contributed by atoms with Crippen LogP contribution >= 0.6 is 15.9 Å². The number of rotatable bonds is 2. The highest BCUT2D eigenvalue weighted by Gasteiger charge is 2.32. The summed E-state index contributed by atoms with van der Waals surface area (Å²) < 4.78 is 1.03. The molecule has 0 aliphatic heterocycles. The summed E-state index contributed by atoms with van der Waals surface area (Å²) in [5, 5.41) is 3.41. The van der Waals surface area contributed by atoms with Crippen molar-refractivity contribution in [3.63, 3.8) is 0 Å². The second kappa shape index (κ2) is 3.05. The summed E-state index contributed by atoms with van der Waals surface area (Å²) >= 11 is 3.39. The van der Waals surface area contributed by atoms with Crippen molar-refractivity contribution in [2.75, 3.05) is 5.32 Å². The third-order valence-corrected chi connectivity index (χ3v) is 2.60. The Bertz CT molecular complexity index is 288. The fraction of sp³-hybridized carbons (Fsp3) is 0.444. The van der Waals surface area contributed by atoms with Gasteiger partial charge in [-0.05, 0) is 34.3 Å². The third kappa shape index (κ3) is 1.78. The fourth-order valence-electron chi connectivity index (χ4n) is 1.23. The number of hydrogen-bond acceptors (Lipinski definition) is 2. The highest BCUT2D eigenvalue weighted by Crippen LogP contribution is 2.32. The van der Waals surface area contributed by atoms with E-state index in [-0.39, 0.29) is 0 Å². The van der Waals surface area contributed by atoms with Gasteiger partial charge in [0.1, 0.15) is 0 Å². The summed E-state index contributed by atoms with van der Waals surface area (Å²) in [5.74, 6) is 0.823. The summed E-state index contributed by atoms with van der Waals surface area (Å²) in [5.41, 5.74) is 1.11. The van der Waals surface area contributed by atoms with Gasteiger partial charge >= 0.3 is 0 Å². The minimum absolute atomic E-state index is 0.668. The predicted octanol–water partition coefficient (Wildman–Crippen LogP) is 2.66. The number of aromatic nitrogens is 1. The average molecular weight is 227 g/mol. The lowest BCUT2D eigenvalue weighted by atomic mass is 10.4. The van der Waals surface area contributed by atoms with Crippen molar-refractivity contribution in [1.29, 1.82) is 0 Å². The Morgan fingerprint density at radius 1 is 1.58 bits per heavy atom. The Hall–Kier alpha value is -0.570. The highest BCUT2D eigenvalue weighted by atomic mass is 79.9.